The first-order valence-electron chi connectivity index (χ1n) is 12.5. The fraction of sp³-hybridized carbons (Fsp3) is 0.387. The summed E-state index contributed by atoms with van der Waals surface area (Å²) in [5, 5.41) is 11.5. The number of aromatic nitrogens is 1. The Bertz CT molecular complexity index is 1050. The Morgan fingerprint density at radius 3 is 2.23 bits per heavy atom. The van der Waals surface area contributed by atoms with Crippen LogP contribution in [0.25, 0.3) is 23.3 Å². The molecule has 0 saturated heterocycles. The number of unbranched alkanes of at least 4 members (excludes halogenated alkanes) is 1. The Labute approximate surface area is 212 Å². The van der Waals surface area contributed by atoms with Gasteiger partial charge in [-0.25, -0.2) is 4.79 Å². The van der Waals surface area contributed by atoms with Crippen molar-refractivity contribution in [3.05, 3.63) is 77.5 Å². The van der Waals surface area contributed by atoms with E-state index in [2.05, 4.69) is 58.6 Å². The minimum absolute atomic E-state index is 0.304. The molecule has 0 fully saturated rings. The predicted octanol–water partition coefficient (Wildman–Crippen LogP) is 7.28. The maximum absolute atomic E-state index is 11.8. The fourth-order valence-corrected chi connectivity index (χ4v) is 3.31. The average Bonchev–Trinajstić information content (AvgIpc) is 2.97. The van der Waals surface area contributed by atoms with Gasteiger partial charge in [-0.2, -0.15) is 0 Å². The van der Waals surface area contributed by atoms with Crippen LogP contribution in [0.2, 0.25) is 0 Å². The monoisotopic (exact) mass is 479 g/mol. The van der Waals surface area contributed by atoms with Crippen molar-refractivity contribution < 1.29 is 14.6 Å². The number of hydrogen-bond donors (Lipinski definition) is 1. The molecule has 0 saturated carbocycles. The zero-order valence-electron chi connectivity index (χ0n) is 22.8. The van der Waals surface area contributed by atoms with Crippen LogP contribution in [0.3, 0.4) is 0 Å². The third kappa shape index (κ3) is 10.7. The highest BCUT2D eigenvalue weighted by Gasteiger charge is 2.20. The average molecular weight is 480 g/mol. The number of carboxylic acid groups (broad SMARTS) is 1. The Morgan fingerprint density at radius 1 is 1.14 bits per heavy atom. The van der Waals surface area contributed by atoms with Crippen LogP contribution in [-0.2, 0) is 7.05 Å². The molecule has 35 heavy (non-hydrogen) atoms. The van der Waals surface area contributed by atoms with E-state index >= 15 is 0 Å². The number of benzene rings is 1. The van der Waals surface area contributed by atoms with Gasteiger partial charge in [0, 0.05) is 23.2 Å². The third-order valence-electron chi connectivity index (χ3n) is 4.77. The molecule has 1 aromatic carbocycles. The lowest BCUT2D eigenvalue weighted by atomic mass is 10.0. The topological polar surface area (TPSA) is 51.5 Å². The molecule has 1 aromatic heterocycles. The fourth-order valence-electron chi connectivity index (χ4n) is 3.31. The van der Waals surface area contributed by atoms with Gasteiger partial charge in [-0.1, -0.05) is 89.1 Å². The van der Waals surface area contributed by atoms with Crippen molar-refractivity contribution in [1.29, 1.82) is 0 Å². The summed E-state index contributed by atoms with van der Waals surface area (Å²) in [4.78, 5) is 11.8. The van der Waals surface area contributed by atoms with Crippen molar-refractivity contribution in [2.45, 2.75) is 66.7 Å². The number of rotatable bonds is 6. The third-order valence-corrected chi connectivity index (χ3v) is 4.77. The maximum Gasteiger partial charge on any atom is 0.353 e. The molecule has 0 atom stereocenters. The van der Waals surface area contributed by atoms with Crippen molar-refractivity contribution >= 4 is 18.1 Å². The van der Waals surface area contributed by atoms with E-state index in [1.54, 1.807) is 24.8 Å². The molecule has 1 heterocycles. The summed E-state index contributed by atoms with van der Waals surface area (Å²) in [5.74, 6) is -0.174. The molecule has 192 valence electrons. The van der Waals surface area contributed by atoms with Gasteiger partial charge in [0.05, 0.1) is 7.11 Å². The van der Waals surface area contributed by atoms with E-state index in [0.29, 0.717) is 5.69 Å². The lowest BCUT2D eigenvalue weighted by Crippen LogP contribution is -2.28. The van der Waals surface area contributed by atoms with Gasteiger partial charge < -0.3 is 14.4 Å². The van der Waals surface area contributed by atoms with Gasteiger partial charge in [-0.05, 0) is 50.0 Å². The maximum atomic E-state index is 11.8. The second-order valence-electron chi connectivity index (χ2n) is 7.93. The second kappa shape index (κ2) is 19.1. The lowest BCUT2D eigenvalue weighted by molar-refractivity contribution is 0.0687. The summed E-state index contributed by atoms with van der Waals surface area (Å²) < 4.78 is 6.91. The van der Waals surface area contributed by atoms with Crippen LogP contribution in [-0.4, -0.2) is 22.8 Å². The predicted molar refractivity (Wildman–Crippen MR) is 152 cm³/mol. The quantitative estimate of drug-likeness (QED) is 0.443. The molecule has 1 aliphatic rings. The molecule has 2 aromatic rings. The van der Waals surface area contributed by atoms with Crippen molar-refractivity contribution in [3.63, 3.8) is 0 Å². The Hall–Kier alpha value is -3.27. The van der Waals surface area contributed by atoms with Crippen molar-refractivity contribution in [1.82, 2.24) is 4.57 Å². The van der Waals surface area contributed by atoms with E-state index in [1.807, 2.05) is 43.3 Å². The Kier molecular flexibility index (Phi) is 17.3. The van der Waals surface area contributed by atoms with Crippen molar-refractivity contribution in [2.24, 2.45) is 7.05 Å². The standard InChI is InChI=1S/C18H17NO3.C7H14.C3H8.C3H6/c1-19-15-7-5-3-4-6-14(15)16(17(19)18(20)21)12-8-10-13(22-2)11-9-12;1-3-5-7-6-4-2;2*1-3-2/h3,5-11H,4H2,1-2H3,(H,20,21);5,7H,3-4,6H2,1-2H3;3H2,1-2H3;3H,1H2,2H3/b;7-5-;;. The van der Waals surface area contributed by atoms with Gasteiger partial charge in [0.2, 0.25) is 0 Å². The molecular weight excluding hydrogens is 434 g/mol. The van der Waals surface area contributed by atoms with Gasteiger partial charge in [0.15, 0.2) is 0 Å². The molecule has 0 aliphatic heterocycles. The van der Waals surface area contributed by atoms with Crippen molar-refractivity contribution in [2.75, 3.05) is 7.11 Å². The molecule has 4 heteroatoms. The largest absolute Gasteiger partial charge is 0.497 e. The summed E-state index contributed by atoms with van der Waals surface area (Å²) in [6.45, 7) is 13.9. The lowest BCUT2D eigenvalue weighted by Gasteiger charge is -2.05. The zero-order chi connectivity index (χ0) is 26.6. The molecule has 3 rings (SSSR count). The number of methoxy groups -OCH3 is 1. The molecular formula is C31H45NO3. The number of fused-ring (bicyclic) bond motifs is 1. The number of ether oxygens (including phenoxy) is 1. The van der Waals surface area contributed by atoms with Gasteiger partial charge >= 0.3 is 5.97 Å². The normalized spacial score (nSPS) is 11.1. The minimum atomic E-state index is -0.924. The first kappa shape index (κ1) is 31.7. The molecule has 0 amide bonds. The first-order valence-corrected chi connectivity index (χ1v) is 12.5. The van der Waals surface area contributed by atoms with Gasteiger partial charge in [0.1, 0.15) is 11.4 Å². The number of hydrogen-bond acceptors (Lipinski definition) is 2. The van der Waals surface area contributed by atoms with Crippen LogP contribution in [0.1, 0.15) is 77.2 Å². The van der Waals surface area contributed by atoms with E-state index in [9.17, 15) is 9.90 Å². The van der Waals surface area contributed by atoms with E-state index in [1.165, 1.54) is 25.7 Å². The number of carboxylic acids is 1. The van der Waals surface area contributed by atoms with Gasteiger partial charge in [0.25, 0.3) is 0 Å². The highest BCUT2D eigenvalue weighted by molar-refractivity contribution is 5.95. The summed E-state index contributed by atoms with van der Waals surface area (Å²) in [5.41, 5.74) is 1.94. The van der Waals surface area contributed by atoms with Crippen LogP contribution in [0, 0.1) is 0 Å². The molecule has 1 aliphatic carbocycles. The molecule has 0 unspecified atom stereocenters. The Balaban J connectivity index is 0.000000743. The highest BCUT2D eigenvalue weighted by atomic mass is 16.5. The van der Waals surface area contributed by atoms with Crippen LogP contribution in [0.5, 0.6) is 5.75 Å². The number of carbonyl (C=O) groups is 1. The summed E-state index contributed by atoms with van der Waals surface area (Å²) >= 11 is 0. The van der Waals surface area contributed by atoms with E-state index in [4.69, 9.17) is 4.74 Å². The van der Waals surface area contributed by atoms with Crippen LogP contribution < -0.4 is 15.3 Å². The van der Waals surface area contributed by atoms with Crippen LogP contribution >= 0.6 is 0 Å². The molecule has 1 N–H and O–H groups in total. The number of allylic oxidation sites excluding steroid dienone is 5. The SMILES string of the molecule is C=CC.CC/C=C\CCC.CCC.COc1ccc(-c2c(C(=O)O)n(C)c3c2=CCC=CC=3)cc1. The van der Waals surface area contributed by atoms with Gasteiger partial charge in [-0.15, -0.1) is 6.58 Å². The number of aromatic carboxylic acids is 1. The van der Waals surface area contributed by atoms with Crippen LogP contribution in [0.15, 0.2) is 61.2 Å². The first-order chi connectivity index (χ1) is 16.9. The van der Waals surface area contributed by atoms with Crippen molar-refractivity contribution in [3.8, 4) is 16.9 Å². The highest BCUT2D eigenvalue weighted by Crippen LogP contribution is 2.23. The molecule has 0 bridgehead atoms. The zero-order valence-corrected chi connectivity index (χ0v) is 22.8. The van der Waals surface area contributed by atoms with E-state index in [-0.39, 0.29) is 0 Å². The Morgan fingerprint density at radius 2 is 1.74 bits per heavy atom. The second-order valence-corrected chi connectivity index (χ2v) is 7.93. The van der Waals surface area contributed by atoms with E-state index in [0.717, 1.165) is 33.9 Å². The molecule has 0 radical (unpaired) electrons. The summed E-state index contributed by atoms with van der Waals surface area (Å²) in [7, 11) is 3.40. The van der Waals surface area contributed by atoms with E-state index < -0.39 is 5.97 Å². The summed E-state index contributed by atoms with van der Waals surface area (Å²) in [6, 6.07) is 7.48. The van der Waals surface area contributed by atoms with Crippen LogP contribution in [0.4, 0.5) is 0 Å². The summed E-state index contributed by atoms with van der Waals surface area (Å²) in [6.07, 6.45) is 20.0. The minimum Gasteiger partial charge on any atom is -0.497 e. The molecule has 4 nitrogen and oxygen atoms in total. The van der Waals surface area contributed by atoms with Gasteiger partial charge in [-0.3, -0.25) is 0 Å². The smallest absolute Gasteiger partial charge is 0.353 e. The number of nitrogens with zero attached hydrogens (tertiary/aromatic N) is 1. The molecule has 0 spiro atoms.